The molecule has 0 aliphatic heterocycles. The van der Waals surface area contributed by atoms with Crippen molar-refractivity contribution in [3.05, 3.63) is 42.4 Å². The maximum atomic E-state index is 12.8. The van der Waals surface area contributed by atoms with Crippen molar-refractivity contribution in [1.82, 2.24) is 25.0 Å². The summed E-state index contributed by atoms with van der Waals surface area (Å²) in [5, 5.41) is 20.5. The molecule has 0 atom stereocenters. The topological polar surface area (TPSA) is 89.9 Å². The molecule has 3 aromatic rings. The van der Waals surface area contributed by atoms with Crippen LogP contribution in [-0.4, -0.2) is 30.1 Å². The van der Waals surface area contributed by atoms with Crippen LogP contribution >= 0.6 is 0 Å². The van der Waals surface area contributed by atoms with Gasteiger partial charge in [0.2, 0.25) is 12.3 Å². The van der Waals surface area contributed by atoms with Gasteiger partial charge in [0.25, 0.3) is 0 Å². The minimum atomic E-state index is -4.58. The van der Waals surface area contributed by atoms with E-state index in [1.807, 2.05) is 0 Å². The molecule has 10 heteroatoms. The number of benzene rings is 1. The van der Waals surface area contributed by atoms with Gasteiger partial charge in [0.1, 0.15) is 12.1 Å². The zero-order chi connectivity index (χ0) is 16.4. The molecule has 3 rings (SSSR count). The summed E-state index contributed by atoms with van der Waals surface area (Å²) in [6.45, 7) is 0. The molecule has 1 aromatic carbocycles. The quantitative estimate of drug-likeness (QED) is 0.797. The minimum Gasteiger partial charge on any atom is -0.508 e. The van der Waals surface area contributed by atoms with E-state index >= 15 is 0 Å². The highest BCUT2D eigenvalue weighted by Gasteiger charge is 2.31. The van der Waals surface area contributed by atoms with Crippen molar-refractivity contribution in [2.24, 2.45) is 0 Å². The zero-order valence-electron chi connectivity index (χ0n) is 11.3. The van der Waals surface area contributed by atoms with Crippen molar-refractivity contribution in [3.63, 3.8) is 0 Å². The van der Waals surface area contributed by atoms with Gasteiger partial charge in [0, 0.05) is 17.8 Å². The van der Waals surface area contributed by atoms with Crippen molar-refractivity contribution in [2.75, 3.05) is 0 Å². The zero-order valence-corrected chi connectivity index (χ0v) is 11.3. The third-order valence-corrected chi connectivity index (χ3v) is 2.76. The largest absolute Gasteiger partial charge is 0.508 e. The van der Waals surface area contributed by atoms with Crippen molar-refractivity contribution in [1.29, 1.82) is 0 Å². The number of phenols is 1. The Kier molecular flexibility index (Phi) is 3.56. The highest BCUT2D eigenvalue weighted by molar-refractivity contribution is 5.60. The predicted molar refractivity (Wildman–Crippen MR) is 71.6 cm³/mol. The summed E-state index contributed by atoms with van der Waals surface area (Å²) < 4.78 is 44.4. The molecule has 0 unspecified atom stereocenters. The van der Waals surface area contributed by atoms with E-state index in [9.17, 15) is 18.3 Å². The Balaban J connectivity index is 1.90. The van der Waals surface area contributed by atoms with E-state index in [0.717, 1.165) is 18.5 Å². The molecule has 2 heterocycles. The molecule has 0 aliphatic carbocycles. The first-order chi connectivity index (χ1) is 10.9. The molecule has 2 aromatic heterocycles. The lowest BCUT2D eigenvalue weighted by atomic mass is 10.1. The predicted octanol–water partition coefficient (Wildman–Crippen LogP) is 2.68. The Labute approximate surface area is 126 Å². The molecular weight excluding hydrogens is 315 g/mol. The van der Waals surface area contributed by atoms with Crippen LogP contribution in [0.15, 0.2) is 35.3 Å². The lowest BCUT2D eigenvalue weighted by Gasteiger charge is -2.08. The second kappa shape index (κ2) is 5.55. The Morgan fingerprint density at radius 3 is 2.74 bits per heavy atom. The lowest BCUT2D eigenvalue weighted by Crippen LogP contribution is -2.04. The third-order valence-electron chi connectivity index (χ3n) is 2.76. The van der Waals surface area contributed by atoms with Gasteiger partial charge in [-0.25, -0.2) is 9.67 Å². The van der Waals surface area contributed by atoms with Crippen molar-refractivity contribution in [2.45, 2.75) is 6.18 Å². The van der Waals surface area contributed by atoms with Gasteiger partial charge in [-0.3, -0.25) is 0 Å². The van der Waals surface area contributed by atoms with E-state index in [0.29, 0.717) is 6.07 Å². The van der Waals surface area contributed by atoms with Crippen molar-refractivity contribution in [3.8, 4) is 17.1 Å². The van der Waals surface area contributed by atoms with E-state index < -0.39 is 17.5 Å². The molecule has 0 saturated heterocycles. The lowest BCUT2D eigenvalue weighted by molar-refractivity contribution is -0.137. The van der Waals surface area contributed by atoms with Gasteiger partial charge in [-0.05, 0) is 18.2 Å². The van der Waals surface area contributed by atoms with Gasteiger partial charge >= 0.3 is 6.18 Å². The second-order valence-electron chi connectivity index (χ2n) is 4.41. The summed E-state index contributed by atoms with van der Waals surface area (Å²) in [7, 11) is 0. The summed E-state index contributed by atoms with van der Waals surface area (Å²) in [6.07, 6.45) is 0.762. The second-order valence-corrected chi connectivity index (χ2v) is 4.41. The van der Waals surface area contributed by atoms with Gasteiger partial charge in [0.05, 0.1) is 5.56 Å². The molecule has 0 fully saturated rings. The van der Waals surface area contributed by atoms with Crippen LogP contribution in [0.1, 0.15) is 11.5 Å². The molecule has 23 heavy (non-hydrogen) atoms. The van der Waals surface area contributed by atoms with Crippen LogP contribution in [0.5, 0.6) is 5.75 Å². The fourth-order valence-electron chi connectivity index (χ4n) is 1.78. The summed E-state index contributed by atoms with van der Waals surface area (Å²) in [5.41, 5.74) is -0.937. The molecule has 1 N–H and O–H groups in total. The average molecular weight is 323 g/mol. The number of phenolic OH excluding ortho intramolecular Hbond substituents is 1. The van der Waals surface area contributed by atoms with Gasteiger partial charge in [0.15, 0.2) is 5.82 Å². The van der Waals surface area contributed by atoms with E-state index in [-0.39, 0.29) is 17.3 Å². The van der Waals surface area contributed by atoms with Crippen LogP contribution in [0, 0.1) is 0 Å². The van der Waals surface area contributed by atoms with Gasteiger partial charge in [-0.2, -0.15) is 13.2 Å². The van der Waals surface area contributed by atoms with E-state index in [1.165, 1.54) is 23.3 Å². The van der Waals surface area contributed by atoms with Crippen LogP contribution in [0.4, 0.5) is 13.2 Å². The molecule has 0 aliphatic rings. The Hall–Kier alpha value is -3.17. The van der Waals surface area contributed by atoms with Gasteiger partial charge < -0.3 is 9.52 Å². The van der Waals surface area contributed by atoms with Crippen LogP contribution in [0.25, 0.3) is 23.7 Å². The molecule has 0 radical (unpaired) electrons. The van der Waals surface area contributed by atoms with Gasteiger partial charge in [-0.15, -0.1) is 15.3 Å². The summed E-state index contributed by atoms with van der Waals surface area (Å²) in [6, 6.07) is 2.65. The first kappa shape index (κ1) is 14.8. The van der Waals surface area contributed by atoms with Crippen molar-refractivity contribution >= 4 is 12.3 Å². The van der Waals surface area contributed by atoms with E-state index in [2.05, 4.69) is 20.3 Å². The number of aromatic hydroxyl groups is 1. The molecule has 118 valence electrons. The number of hydrogen-bond donors (Lipinski definition) is 1. The fraction of sp³-hybridized carbons (Fsp3) is 0.0769. The van der Waals surface area contributed by atoms with Crippen LogP contribution < -0.4 is 0 Å². The first-order valence-corrected chi connectivity index (χ1v) is 6.19. The molecule has 0 bridgehead atoms. The number of alkyl halides is 3. The molecule has 0 amide bonds. The maximum absolute atomic E-state index is 12.8. The SMILES string of the molecule is Oc1cc(-c2ncn(/C=C\c3nnco3)n2)cc(C(F)(F)F)c1. The highest BCUT2D eigenvalue weighted by Crippen LogP contribution is 2.34. The van der Waals surface area contributed by atoms with E-state index in [4.69, 9.17) is 4.42 Å². The third kappa shape index (κ3) is 3.36. The Morgan fingerprint density at radius 2 is 2.04 bits per heavy atom. The van der Waals surface area contributed by atoms with Gasteiger partial charge in [-0.1, -0.05) is 0 Å². The van der Waals surface area contributed by atoms with Crippen LogP contribution in [-0.2, 0) is 6.18 Å². The van der Waals surface area contributed by atoms with E-state index in [1.54, 1.807) is 0 Å². The summed E-state index contributed by atoms with van der Waals surface area (Å²) in [5.74, 6) is -0.257. The Bertz CT molecular complexity index is 840. The van der Waals surface area contributed by atoms with Crippen LogP contribution in [0.2, 0.25) is 0 Å². The fourth-order valence-corrected chi connectivity index (χ4v) is 1.78. The Morgan fingerprint density at radius 1 is 1.22 bits per heavy atom. The first-order valence-electron chi connectivity index (χ1n) is 6.19. The number of halogens is 3. The average Bonchev–Trinajstić information content (AvgIpc) is 3.15. The smallest absolute Gasteiger partial charge is 0.416 e. The van der Waals surface area contributed by atoms with Crippen LogP contribution in [0.3, 0.4) is 0 Å². The number of rotatable bonds is 3. The summed E-state index contributed by atoms with van der Waals surface area (Å²) >= 11 is 0. The molecule has 7 nitrogen and oxygen atoms in total. The number of nitrogens with zero attached hydrogens (tertiary/aromatic N) is 5. The molecular formula is C13H8F3N5O2. The standard InChI is InChI=1S/C13H8F3N5O2/c14-13(15,16)9-3-8(4-10(22)5-9)12-17-6-21(20-12)2-1-11-19-18-7-23-11/h1-7,22H/b2-1-. The summed E-state index contributed by atoms with van der Waals surface area (Å²) in [4.78, 5) is 3.91. The number of aromatic nitrogens is 5. The normalized spacial score (nSPS) is 12.1. The van der Waals surface area contributed by atoms with Crippen molar-refractivity contribution < 1.29 is 22.7 Å². The highest BCUT2D eigenvalue weighted by atomic mass is 19.4. The number of hydrogen-bond acceptors (Lipinski definition) is 6. The minimum absolute atomic E-state index is 0.0292. The monoisotopic (exact) mass is 323 g/mol. The molecule has 0 saturated carbocycles. The molecule has 0 spiro atoms. The maximum Gasteiger partial charge on any atom is 0.416 e.